The van der Waals surface area contributed by atoms with Gasteiger partial charge < -0.3 is 9.84 Å². The molecule has 7 nitrogen and oxygen atoms in total. The highest BCUT2D eigenvalue weighted by Gasteiger charge is 2.36. The lowest BCUT2D eigenvalue weighted by atomic mass is 10.1. The number of ether oxygens (including phenoxy) is 1. The van der Waals surface area contributed by atoms with Gasteiger partial charge in [0.2, 0.25) is 0 Å². The number of carboxylic acids is 1. The van der Waals surface area contributed by atoms with Crippen LogP contribution in [0.25, 0.3) is 0 Å². The van der Waals surface area contributed by atoms with Gasteiger partial charge in [-0.2, -0.15) is 5.10 Å². The highest BCUT2D eigenvalue weighted by Crippen LogP contribution is 2.25. The SMILES string of the molecule is CC(C)N(C(=O)OC(C)(C)C)C(C(=O)O)c1cnn(C)c1. The van der Waals surface area contributed by atoms with Crippen molar-refractivity contribution < 1.29 is 19.4 Å². The third-order valence-electron chi connectivity index (χ3n) is 2.71. The summed E-state index contributed by atoms with van der Waals surface area (Å²) >= 11 is 0. The number of amides is 1. The van der Waals surface area contributed by atoms with E-state index in [0.29, 0.717) is 5.56 Å². The minimum Gasteiger partial charge on any atom is -0.479 e. The van der Waals surface area contributed by atoms with Crippen molar-refractivity contribution in [2.45, 2.75) is 52.3 Å². The number of rotatable bonds is 4. The number of hydrogen-bond donors (Lipinski definition) is 1. The predicted octanol–water partition coefficient (Wildman–Crippen LogP) is 2.19. The molecule has 0 aliphatic heterocycles. The van der Waals surface area contributed by atoms with Crippen LogP contribution in [0.3, 0.4) is 0 Å². The maximum absolute atomic E-state index is 12.3. The number of nitrogens with zero attached hydrogens (tertiary/aromatic N) is 3. The standard InChI is InChI=1S/C14H23N3O4/c1-9(2)17(13(20)21-14(3,4)5)11(12(18)19)10-7-15-16(6)8-10/h7-9,11H,1-6H3,(H,18,19). The molecule has 0 aliphatic rings. The third kappa shape index (κ3) is 4.47. The molecule has 1 N–H and O–H groups in total. The quantitative estimate of drug-likeness (QED) is 0.920. The first-order chi connectivity index (χ1) is 9.53. The van der Waals surface area contributed by atoms with E-state index >= 15 is 0 Å². The predicted molar refractivity (Wildman–Crippen MR) is 76.8 cm³/mol. The van der Waals surface area contributed by atoms with Crippen molar-refractivity contribution in [3.63, 3.8) is 0 Å². The van der Waals surface area contributed by atoms with Gasteiger partial charge in [-0.05, 0) is 34.6 Å². The molecule has 7 heteroatoms. The molecule has 1 atom stereocenters. The average molecular weight is 297 g/mol. The summed E-state index contributed by atoms with van der Waals surface area (Å²) in [4.78, 5) is 25.2. The molecule has 0 aliphatic carbocycles. The average Bonchev–Trinajstić information content (AvgIpc) is 2.68. The Bertz CT molecular complexity index is 517. The van der Waals surface area contributed by atoms with Gasteiger partial charge in [0.15, 0.2) is 6.04 Å². The lowest BCUT2D eigenvalue weighted by Crippen LogP contribution is -2.45. The van der Waals surface area contributed by atoms with Gasteiger partial charge in [-0.1, -0.05) is 0 Å². The molecule has 0 aromatic carbocycles. The number of carbonyl (C=O) groups is 2. The van der Waals surface area contributed by atoms with Gasteiger partial charge in [0, 0.05) is 24.8 Å². The summed E-state index contributed by atoms with van der Waals surface area (Å²) in [6, 6.07) is -1.46. The molecule has 1 heterocycles. The van der Waals surface area contributed by atoms with E-state index in [9.17, 15) is 14.7 Å². The molecule has 0 radical (unpaired) electrons. The van der Waals surface area contributed by atoms with Crippen LogP contribution in [-0.2, 0) is 16.6 Å². The molecule has 21 heavy (non-hydrogen) atoms. The summed E-state index contributed by atoms with van der Waals surface area (Å²) in [5.74, 6) is -1.12. The van der Waals surface area contributed by atoms with E-state index in [1.165, 1.54) is 15.8 Å². The first kappa shape index (κ1) is 17.0. The normalized spacial score (nSPS) is 13.1. The van der Waals surface area contributed by atoms with Crippen LogP contribution >= 0.6 is 0 Å². The van der Waals surface area contributed by atoms with E-state index in [2.05, 4.69) is 5.10 Å². The fourth-order valence-corrected chi connectivity index (χ4v) is 1.93. The number of aliphatic carboxylic acids is 1. The zero-order valence-electron chi connectivity index (χ0n) is 13.3. The highest BCUT2D eigenvalue weighted by molar-refractivity contribution is 5.81. The largest absolute Gasteiger partial charge is 0.479 e. The molecule has 1 amide bonds. The second-order valence-electron chi connectivity index (χ2n) is 6.17. The Morgan fingerprint density at radius 1 is 1.38 bits per heavy atom. The summed E-state index contributed by atoms with van der Waals surface area (Å²) in [6.07, 6.45) is 2.37. The fourth-order valence-electron chi connectivity index (χ4n) is 1.93. The number of aromatic nitrogens is 2. The first-order valence-corrected chi connectivity index (χ1v) is 6.75. The molecule has 0 fully saturated rings. The Balaban J connectivity index is 3.16. The Labute approximate surface area is 124 Å². The zero-order chi connectivity index (χ0) is 16.4. The van der Waals surface area contributed by atoms with E-state index in [4.69, 9.17) is 4.74 Å². The summed E-state index contributed by atoms with van der Waals surface area (Å²) in [6.45, 7) is 8.71. The molecule has 1 rings (SSSR count). The van der Waals surface area contributed by atoms with Gasteiger partial charge >= 0.3 is 12.1 Å². The maximum Gasteiger partial charge on any atom is 0.411 e. The minimum atomic E-state index is -1.13. The first-order valence-electron chi connectivity index (χ1n) is 6.75. The molecule has 118 valence electrons. The monoisotopic (exact) mass is 297 g/mol. The molecule has 0 saturated carbocycles. The Morgan fingerprint density at radius 3 is 2.29 bits per heavy atom. The van der Waals surface area contributed by atoms with Gasteiger partial charge in [0.1, 0.15) is 5.60 Å². The molecular formula is C14H23N3O4. The molecule has 0 bridgehead atoms. The van der Waals surface area contributed by atoms with Crippen molar-refractivity contribution in [3.8, 4) is 0 Å². The number of carbonyl (C=O) groups excluding carboxylic acids is 1. The van der Waals surface area contributed by atoms with Gasteiger partial charge in [-0.15, -0.1) is 0 Å². The van der Waals surface area contributed by atoms with Crippen LogP contribution in [0, 0.1) is 0 Å². The molecule has 0 spiro atoms. The zero-order valence-corrected chi connectivity index (χ0v) is 13.3. The van der Waals surface area contributed by atoms with E-state index < -0.39 is 23.7 Å². The summed E-state index contributed by atoms with van der Waals surface area (Å²) in [7, 11) is 1.69. The van der Waals surface area contributed by atoms with Crippen molar-refractivity contribution in [1.29, 1.82) is 0 Å². The van der Waals surface area contributed by atoms with E-state index in [0.717, 1.165) is 0 Å². The van der Waals surface area contributed by atoms with E-state index in [1.807, 2.05) is 0 Å². The second kappa shape index (κ2) is 6.15. The summed E-state index contributed by atoms with van der Waals surface area (Å²) < 4.78 is 6.82. The summed E-state index contributed by atoms with van der Waals surface area (Å²) in [5, 5.41) is 13.5. The summed E-state index contributed by atoms with van der Waals surface area (Å²) in [5.41, 5.74) is -0.257. The van der Waals surface area contributed by atoms with Crippen LogP contribution < -0.4 is 0 Å². The van der Waals surface area contributed by atoms with Crippen molar-refractivity contribution in [2.24, 2.45) is 7.05 Å². The topological polar surface area (TPSA) is 84.7 Å². The Hall–Kier alpha value is -2.05. The molecule has 1 unspecified atom stereocenters. The molecule has 1 aromatic heterocycles. The van der Waals surface area contributed by atoms with Crippen LogP contribution in [0.1, 0.15) is 46.2 Å². The van der Waals surface area contributed by atoms with Crippen LogP contribution in [-0.4, -0.2) is 43.5 Å². The van der Waals surface area contributed by atoms with Crippen LogP contribution in [0.2, 0.25) is 0 Å². The van der Waals surface area contributed by atoms with Crippen LogP contribution in [0.15, 0.2) is 12.4 Å². The minimum absolute atomic E-state index is 0.332. The second-order valence-corrected chi connectivity index (χ2v) is 6.17. The Morgan fingerprint density at radius 2 is 1.95 bits per heavy atom. The lowest BCUT2D eigenvalue weighted by molar-refractivity contribution is -0.144. The Kier molecular flexibility index (Phi) is 4.98. The van der Waals surface area contributed by atoms with E-state index in [1.54, 1.807) is 47.9 Å². The van der Waals surface area contributed by atoms with Crippen LogP contribution in [0.4, 0.5) is 4.79 Å². The molecule has 0 saturated heterocycles. The number of carboxylic acid groups (broad SMARTS) is 1. The fraction of sp³-hybridized carbons (Fsp3) is 0.643. The van der Waals surface area contributed by atoms with Crippen LogP contribution in [0.5, 0.6) is 0 Å². The molecule has 1 aromatic rings. The van der Waals surface area contributed by atoms with Crippen molar-refractivity contribution in [3.05, 3.63) is 18.0 Å². The van der Waals surface area contributed by atoms with Gasteiger partial charge in [-0.3, -0.25) is 9.58 Å². The van der Waals surface area contributed by atoms with Gasteiger partial charge in [0.25, 0.3) is 0 Å². The molecular weight excluding hydrogens is 274 g/mol. The lowest BCUT2D eigenvalue weighted by Gasteiger charge is -2.33. The number of aryl methyl sites for hydroxylation is 1. The van der Waals surface area contributed by atoms with Gasteiger partial charge in [0.05, 0.1) is 6.20 Å². The van der Waals surface area contributed by atoms with Crippen molar-refractivity contribution >= 4 is 12.1 Å². The van der Waals surface area contributed by atoms with Crippen molar-refractivity contribution in [1.82, 2.24) is 14.7 Å². The van der Waals surface area contributed by atoms with E-state index in [-0.39, 0.29) is 6.04 Å². The number of hydrogen-bond acceptors (Lipinski definition) is 4. The van der Waals surface area contributed by atoms with Gasteiger partial charge in [-0.25, -0.2) is 9.59 Å². The smallest absolute Gasteiger partial charge is 0.411 e. The highest BCUT2D eigenvalue weighted by atomic mass is 16.6. The third-order valence-corrected chi connectivity index (χ3v) is 2.71. The maximum atomic E-state index is 12.3. The van der Waals surface area contributed by atoms with Crippen molar-refractivity contribution in [2.75, 3.05) is 0 Å².